The van der Waals surface area contributed by atoms with E-state index < -0.39 is 0 Å². The molecule has 2 aromatic heterocycles. The summed E-state index contributed by atoms with van der Waals surface area (Å²) in [5.74, 6) is 2.67. The Bertz CT molecular complexity index is 1160. The molecule has 8 nitrogen and oxygen atoms in total. The second-order valence-corrected chi connectivity index (χ2v) is 7.26. The first-order valence-corrected chi connectivity index (χ1v) is 9.96. The van der Waals surface area contributed by atoms with Gasteiger partial charge in [-0.05, 0) is 48.9 Å². The summed E-state index contributed by atoms with van der Waals surface area (Å²) in [4.78, 5) is 4.55. The predicted octanol–water partition coefficient (Wildman–Crippen LogP) is 3.66. The van der Waals surface area contributed by atoms with E-state index >= 15 is 0 Å². The second kappa shape index (κ2) is 8.93. The average molecular weight is 419 g/mol. The molecule has 4 rings (SSSR count). The monoisotopic (exact) mass is 419 g/mol. The van der Waals surface area contributed by atoms with Crippen molar-refractivity contribution in [2.24, 2.45) is 0 Å². The zero-order valence-electron chi connectivity index (χ0n) is 17.4. The maximum atomic E-state index is 9.52. The smallest absolute Gasteiger partial charge is 0.164 e. The van der Waals surface area contributed by atoms with Crippen molar-refractivity contribution in [1.82, 2.24) is 14.8 Å². The van der Waals surface area contributed by atoms with Gasteiger partial charge in [0.25, 0.3) is 0 Å². The molecule has 0 radical (unpaired) electrons. The molecule has 0 amide bonds. The van der Waals surface area contributed by atoms with E-state index in [4.69, 9.17) is 20.3 Å². The Hall–Kier alpha value is -3.78. The summed E-state index contributed by atoms with van der Waals surface area (Å²) in [5.41, 5.74) is 8.18. The Morgan fingerprint density at radius 2 is 1.77 bits per heavy atom. The van der Waals surface area contributed by atoms with Crippen LogP contribution in [0.1, 0.15) is 12.5 Å². The largest absolute Gasteiger partial charge is 0.497 e. The Kier molecular flexibility index (Phi) is 5.90. The van der Waals surface area contributed by atoms with Crippen LogP contribution in [0.3, 0.4) is 0 Å². The first kappa shape index (κ1) is 20.5. The van der Waals surface area contributed by atoms with Crippen LogP contribution in [0.5, 0.6) is 17.2 Å². The van der Waals surface area contributed by atoms with Crippen LogP contribution in [-0.4, -0.2) is 39.6 Å². The van der Waals surface area contributed by atoms with E-state index in [-0.39, 0.29) is 12.6 Å². The molecular formula is C23H25N5O3. The quantitative estimate of drug-likeness (QED) is 0.374. The number of benzene rings is 2. The number of aliphatic hydroxyl groups is 1. The average Bonchev–Trinajstić information content (AvgIpc) is 3.13. The molecule has 4 aromatic rings. The summed E-state index contributed by atoms with van der Waals surface area (Å²) in [6, 6.07) is 16.6. The number of ether oxygens (including phenoxy) is 2. The van der Waals surface area contributed by atoms with Gasteiger partial charge in [-0.1, -0.05) is 12.1 Å². The maximum absolute atomic E-state index is 9.52. The minimum Gasteiger partial charge on any atom is -0.497 e. The van der Waals surface area contributed by atoms with E-state index in [1.54, 1.807) is 31.5 Å². The van der Waals surface area contributed by atoms with Crippen LogP contribution in [-0.2, 0) is 6.54 Å². The van der Waals surface area contributed by atoms with E-state index in [9.17, 15) is 5.11 Å². The van der Waals surface area contributed by atoms with Gasteiger partial charge >= 0.3 is 0 Å². The minimum atomic E-state index is -0.183. The topological polar surface area (TPSA) is 107 Å². The van der Waals surface area contributed by atoms with Gasteiger partial charge in [0.15, 0.2) is 11.5 Å². The SMILES string of the molecule is COc1ccc(Cn2nc(N[C@H](C)CO)c3c(Oc4ccc(N)cc4)ccnc32)cc1. The van der Waals surface area contributed by atoms with E-state index in [2.05, 4.69) is 10.3 Å². The summed E-state index contributed by atoms with van der Waals surface area (Å²) in [6.45, 7) is 2.38. The van der Waals surface area contributed by atoms with Crippen LogP contribution in [0, 0.1) is 0 Å². The molecule has 0 bridgehead atoms. The van der Waals surface area contributed by atoms with Crippen molar-refractivity contribution < 1.29 is 14.6 Å². The highest BCUT2D eigenvalue weighted by molar-refractivity contribution is 5.93. The molecule has 31 heavy (non-hydrogen) atoms. The lowest BCUT2D eigenvalue weighted by molar-refractivity contribution is 0.281. The normalized spacial score (nSPS) is 12.0. The second-order valence-electron chi connectivity index (χ2n) is 7.26. The molecular weight excluding hydrogens is 394 g/mol. The summed E-state index contributed by atoms with van der Waals surface area (Å²) < 4.78 is 13.2. The van der Waals surface area contributed by atoms with E-state index in [0.717, 1.165) is 16.7 Å². The Morgan fingerprint density at radius 1 is 1.06 bits per heavy atom. The van der Waals surface area contributed by atoms with Crippen LogP contribution in [0.2, 0.25) is 0 Å². The zero-order chi connectivity index (χ0) is 21.8. The Balaban J connectivity index is 1.75. The zero-order valence-corrected chi connectivity index (χ0v) is 17.4. The van der Waals surface area contributed by atoms with E-state index in [1.807, 2.05) is 48.0 Å². The molecule has 0 saturated carbocycles. The van der Waals surface area contributed by atoms with Gasteiger partial charge in [0.1, 0.15) is 22.6 Å². The molecule has 2 aromatic carbocycles. The lowest BCUT2D eigenvalue weighted by atomic mass is 10.2. The van der Waals surface area contributed by atoms with Crippen molar-refractivity contribution in [3.63, 3.8) is 0 Å². The third-order valence-corrected chi connectivity index (χ3v) is 4.85. The lowest BCUT2D eigenvalue weighted by Crippen LogP contribution is -2.20. The first-order valence-electron chi connectivity index (χ1n) is 9.96. The van der Waals surface area contributed by atoms with Gasteiger partial charge in [-0.25, -0.2) is 9.67 Å². The molecule has 0 aliphatic carbocycles. The van der Waals surface area contributed by atoms with Crippen LogP contribution >= 0.6 is 0 Å². The number of nitrogens with two attached hydrogens (primary N) is 1. The molecule has 0 aliphatic heterocycles. The fourth-order valence-electron chi connectivity index (χ4n) is 3.21. The van der Waals surface area contributed by atoms with Crippen molar-refractivity contribution in [3.05, 3.63) is 66.4 Å². The van der Waals surface area contributed by atoms with Gasteiger partial charge in [0.05, 0.1) is 20.3 Å². The van der Waals surface area contributed by atoms with Crippen LogP contribution in [0.15, 0.2) is 60.8 Å². The molecule has 4 N–H and O–H groups in total. The van der Waals surface area contributed by atoms with Crippen molar-refractivity contribution >= 4 is 22.5 Å². The molecule has 8 heteroatoms. The van der Waals surface area contributed by atoms with Gasteiger partial charge in [-0.2, -0.15) is 5.10 Å². The van der Waals surface area contributed by atoms with Gasteiger partial charge in [0.2, 0.25) is 0 Å². The number of fused-ring (bicyclic) bond motifs is 1. The summed E-state index contributed by atoms with van der Waals surface area (Å²) in [6.07, 6.45) is 1.69. The third kappa shape index (κ3) is 4.54. The van der Waals surface area contributed by atoms with Crippen LogP contribution in [0.25, 0.3) is 11.0 Å². The van der Waals surface area contributed by atoms with Gasteiger partial charge < -0.3 is 25.6 Å². The molecule has 0 aliphatic rings. The van der Waals surface area contributed by atoms with Gasteiger partial charge in [-0.3, -0.25) is 0 Å². The van der Waals surface area contributed by atoms with E-state index in [1.165, 1.54) is 0 Å². The number of methoxy groups -OCH3 is 1. The summed E-state index contributed by atoms with van der Waals surface area (Å²) in [7, 11) is 1.64. The number of pyridine rings is 1. The number of nitrogen functional groups attached to an aromatic ring is 1. The van der Waals surface area contributed by atoms with Crippen LogP contribution < -0.4 is 20.5 Å². The predicted molar refractivity (Wildman–Crippen MR) is 121 cm³/mol. The molecule has 1 atom stereocenters. The number of anilines is 2. The third-order valence-electron chi connectivity index (χ3n) is 4.85. The molecule has 0 saturated heterocycles. The molecule has 2 heterocycles. The summed E-state index contributed by atoms with van der Waals surface area (Å²) >= 11 is 0. The number of rotatable bonds is 8. The van der Waals surface area contributed by atoms with Gasteiger partial charge in [0, 0.05) is 24.0 Å². The van der Waals surface area contributed by atoms with Crippen molar-refractivity contribution in [2.45, 2.75) is 19.5 Å². The molecule has 0 spiro atoms. The highest BCUT2D eigenvalue weighted by Gasteiger charge is 2.19. The maximum Gasteiger partial charge on any atom is 0.164 e. The Morgan fingerprint density at radius 3 is 2.45 bits per heavy atom. The minimum absolute atomic E-state index is 0.0265. The number of hydrogen-bond acceptors (Lipinski definition) is 7. The Labute approximate surface area is 180 Å². The van der Waals surface area contributed by atoms with Crippen molar-refractivity contribution in [1.29, 1.82) is 0 Å². The van der Waals surface area contributed by atoms with Crippen molar-refractivity contribution in [2.75, 3.05) is 24.8 Å². The number of nitrogens with one attached hydrogen (secondary N) is 1. The van der Waals surface area contributed by atoms with E-state index in [0.29, 0.717) is 35.2 Å². The first-order chi connectivity index (χ1) is 15.1. The lowest BCUT2D eigenvalue weighted by Gasteiger charge is -2.11. The van der Waals surface area contributed by atoms with Crippen molar-refractivity contribution in [3.8, 4) is 17.2 Å². The number of hydrogen-bond donors (Lipinski definition) is 3. The standard InChI is InChI=1S/C23H25N5O3/c1-15(14-29)26-22-21-20(31-19-9-5-17(24)6-10-19)11-12-25-23(21)28(27-22)13-16-3-7-18(30-2)8-4-16/h3-12,15,29H,13-14,24H2,1-2H3,(H,26,27)/t15-/m1/s1. The highest BCUT2D eigenvalue weighted by atomic mass is 16.5. The van der Waals surface area contributed by atoms with Gasteiger partial charge in [-0.15, -0.1) is 0 Å². The molecule has 0 fully saturated rings. The number of aliphatic hydroxyl groups excluding tert-OH is 1. The fourth-order valence-corrected chi connectivity index (χ4v) is 3.21. The molecule has 160 valence electrons. The number of nitrogens with zero attached hydrogens (tertiary/aromatic N) is 3. The summed E-state index contributed by atoms with van der Waals surface area (Å²) in [5, 5.41) is 18.3. The number of aromatic nitrogens is 3. The highest BCUT2D eigenvalue weighted by Crippen LogP contribution is 2.34. The van der Waals surface area contributed by atoms with Crippen LogP contribution in [0.4, 0.5) is 11.5 Å². The molecule has 0 unspecified atom stereocenters. The fraction of sp³-hybridized carbons (Fsp3) is 0.217.